The lowest BCUT2D eigenvalue weighted by atomic mass is 9.96. The summed E-state index contributed by atoms with van der Waals surface area (Å²) in [5.41, 5.74) is -0.577. The van der Waals surface area contributed by atoms with E-state index in [0.29, 0.717) is 23.6 Å². The lowest BCUT2D eigenvalue weighted by Gasteiger charge is -2.23. The molecule has 0 saturated heterocycles. The third kappa shape index (κ3) is 4.70. The molecule has 2 atom stereocenters. The Morgan fingerprint density at radius 1 is 1.10 bits per heavy atom. The zero-order chi connectivity index (χ0) is 15.5. The SMILES string of the molecule is CC1CCCCCC1NCc1cc(F)cc(C(F)(F)F)c1. The van der Waals surface area contributed by atoms with Gasteiger partial charge in [0.1, 0.15) is 5.82 Å². The van der Waals surface area contributed by atoms with Gasteiger partial charge in [-0.3, -0.25) is 0 Å². The highest BCUT2D eigenvalue weighted by Crippen LogP contribution is 2.30. The van der Waals surface area contributed by atoms with E-state index in [2.05, 4.69) is 12.2 Å². The van der Waals surface area contributed by atoms with Crippen molar-refractivity contribution < 1.29 is 17.6 Å². The number of hydrogen-bond donors (Lipinski definition) is 1. The molecule has 0 amide bonds. The number of benzene rings is 1. The summed E-state index contributed by atoms with van der Waals surface area (Å²) in [5, 5.41) is 3.30. The van der Waals surface area contributed by atoms with Crippen molar-refractivity contribution >= 4 is 0 Å². The number of alkyl halides is 3. The topological polar surface area (TPSA) is 12.0 Å². The van der Waals surface area contributed by atoms with Crippen LogP contribution in [0, 0.1) is 11.7 Å². The van der Waals surface area contributed by atoms with Gasteiger partial charge >= 0.3 is 6.18 Å². The van der Waals surface area contributed by atoms with Gasteiger partial charge in [-0.2, -0.15) is 13.2 Å². The molecule has 2 unspecified atom stereocenters. The second kappa shape index (κ2) is 6.77. The van der Waals surface area contributed by atoms with Crippen LogP contribution in [0.5, 0.6) is 0 Å². The average molecular weight is 303 g/mol. The van der Waals surface area contributed by atoms with Gasteiger partial charge in [-0.15, -0.1) is 0 Å². The van der Waals surface area contributed by atoms with E-state index in [4.69, 9.17) is 0 Å². The predicted molar refractivity (Wildman–Crippen MR) is 74.3 cm³/mol. The van der Waals surface area contributed by atoms with Gasteiger partial charge in [0, 0.05) is 12.6 Å². The number of rotatable bonds is 3. The van der Waals surface area contributed by atoms with Crippen molar-refractivity contribution in [2.24, 2.45) is 5.92 Å². The molecule has 5 heteroatoms. The Morgan fingerprint density at radius 3 is 2.52 bits per heavy atom. The maximum Gasteiger partial charge on any atom is 0.416 e. The van der Waals surface area contributed by atoms with E-state index in [0.717, 1.165) is 25.3 Å². The van der Waals surface area contributed by atoms with Crippen LogP contribution < -0.4 is 5.32 Å². The van der Waals surface area contributed by atoms with Crippen LogP contribution in [0.4, 0.5) is 17.6 Å². The van der Waals surface area contributed by atoms with Gasteiger partial charge < -0.3 is 5.32 Å². The Hall–Kier alpha value is -1.10. The van der Waals surface area contributed by atoms with Gasteiger partial charge in [0.2, 0.25) is 0 Å². The van der Waals surface area contributed by atoms with Crippen LogP contribution in [0.15, 0.2) is 18.2 Å². The van der Waals surface area contributed by atoms with Crippen LogP contribution >= 0.6 is 0 Å². The molecule has 0 radical (unpaired) electrons. The molecule has 118 valence electrons. The maximum atomic E-state index is 13.3. The zero-order valence-corrected chi connectivity index (χ0v) is 12.1. The van der Waals surface area contributed by atoms with Gasteiger partial charge in [0.05, 0.1) is 5.56 Å². The first-order chi connectivity index (χ1) is 9.86. The summed E-state index contributed by atoms with van der Waals surface area (Å²) in [7, 11) is 0. The molecule has 0 aromatic heterocycles. The summed E-state index contributed by atoms with van der Waals surface area (Å²) in [6.45, 7) is 2.44. The lowest BCUT2D eigenvalue weighted by molar-refractivity contribution is -0.137. The van der Waals surface area contributed by atoms with Crippen LogP contribution in [-0.4, -0.2) is 6.04 Å². The lowest BCUT2D eigenvalue weighted by Crippen LogP contribution is -2.33. The molecule has 1 saturated carbocycles. The molecule has 1 fully saturated rings. The van der Waals surface area contributed by atoms with Crippen LogP contribution in [0.2, 0.25) is 0 Å². The Balaban J connectivity index is 2.04. The van der Waals surface area contributed by atoms with Crippen molar-refractivity contribution in [3.05, 3.63) is 35.1 Å². The molecule has 1 aromatic rings. The predicted octanol–water partition coefficient (Wildman–Crippen LogP) is 4.90. The molecule has 1 nitrogen and oxygen atoms in total. The fourth-order valence-electron chi connectivity index (χ4n) is 2.96. The van der Waals surface area contributed by atoms with Crippen LogP contribution in [0.1, 0.15) is 50.2 Å². The van der Waals surface area contributed by atoms with Gasteiger partial charge in [-0.25, -0.2) is 4.39 Å². The van der Waals surface area contributed by atoms with E-state index >= 15 is 0 Å². The second-order valence-electron chi connectivity index (χ2n) is 5.95. The van der Waals surface area contributed by atoms with E-state index in [1.165, 1.54) is 18.9 Å². The van der Waals surface area contributed by atoms with Crippen molar-refractivity contribution in [2.75, 3.05) is 0 Å². The van der Waals surface area contributed by atoms with Crippen molar-refractivity contribution in [1.82, 2.24) is 5.32 Å². The smallest absolute Gasteiger partial charge is 0.310 e. The fourth-order valence-corrected chi connectivity index (χ4v) is 2.96. The van der Waals surface area contributed by atoms with Gasteiger partial charge in [0.15, 0.2) is 0 Å². The minimum atomic E-state index is -4.51. The standard InChI is InChI=1S/C16H21F4N/c1-11-5-3-2-4-6-15(11)21-10-12-7-13(16(18,19)20)9-14(17)8-12/h7-9,11,15,21H,2-6,10H2,1H3. The first-order valence-electron chi connectivity index (χ1n) is 7.46. The van der Waals surface area contributed by atoms with Gasteiger partial charge in [0.25, 0.3) is 0 Å². The van der Waals surface area contributed by atoms with Crippen LogP contribution in [-0.2, 0) is 12.7 Å². The fraction of sp³-hybridized carbons (Fsp3) is 0.625. The Labute approximate surface area is 122 Å². The van der Waals surface area contributed by atoms with Crippen molar-refractivity contribution in [1.29, 1.82) is 0 Å². The van der Waals surface area contributed by atoms with E-state index in [1.54, 1.807) is 0 Å². The summed E-state index contributed by atoms with van der Waals surface area (Å²) in [6, 6.07) is 3.03. The van der Waals surface area contributed by atoms with E-state index in [1.807, 2.05) is 0 Å². The molecule has 1 aliphatic rings. The second-order valence-corrected chi connectivity index (χ2v) is 5.95. The van der Waals surface area contributed by atoms with E-state index < -0.39 is 17.6 Å². The highest BCUT2D eigenvalue weighted by molar-refractivity contribution is 5.26. The molecule has 21 heavy (non-hydrogen) atoms. The molecule has 0 bridgehead atoms. The largest absolute Gasteiger partial charge is 0.416 e. The highest BCUT2D eigenvalue weighted by Gasteiger charge is 2.31. The number of nitrogens with one attached hydrogen (secondary N) is 1. The normalized spacial score (nSPS) is 23.9. The maximum absolute atomic E-state index is 13.3. The van der Waals surface area contributed by atoms with Crippen LogP contribution in [0.25, 0.3) is 0 Å². The first-order valence-corrected chi connectivity index (χ1v) is 7.46. The minimum Gasteiger partial charge on any atom is -0.310 e. The number of hydrogen-bond acceptors (Lipinski definition) is 1. The first kappa shape index (κ1) is 16.3. The molecule has 2 rings (SSSR count). The molecule has 1 aromatic carbocycles. The average Bonchev–Trinajstić information content (AvgIpc) is 2.59. The van der Waals surface area contributed by atoms with E-state index in [-0.39, 0.29) is 6.54 Å². The van der Waals surface area contributed by atoms with E-state index in [9.17, 15) is 17.6 Å². The molecular formula is C16H21F4N. The van der Waals surface area contributed by atoms with Crippen molar-refractivity contribution in [3.8, 4) is 0 Å². The minimum absolute atomic E-state index is 0.274. The van der Waals surface area contributed by atoms with Crippen molar-refractivity contribution in [3.63, 3.8) is 0 Å². The zero-order valence-electron chi connectivity index (χ0n) is 12.1. The Morgan fingerprint density at radius 2 is 1.81 bits per heavy atom. The Kier molecular flexibility index (Phi) is 5.25. The summed E-state index contributed by atoms with van der Waals surface area (Å²) in [4.78, 5) is 0. The number of halogens is 4. The van der Waals surface area contributed by atoms with Gasteiger partial charge in [-0.05, 0) is 42.5 Å². The third-order valence-corrected chi connectivity index (χ3v) is 4.21. The molecule has 0 heterocycles. The molecular weight excluding hydrogens is 282 g/mol. The molecule has 0 aliphatic heterocycles. The summed E-state index contributed by atoms with van der Waals surface area (Å²) < 4.78 is 51.4. The quantitative estimate of drug-likeness (QED) is 0.618. The summed E-state index contributed by atoms with van der Waals surface area (Å²) >= 11 is 0. The summed E-state index contributed by atoms with van der Waals surface area (Å²) in [6.07, 6.45) is 1.21. The molecule has 0 spiro atoms. The summed E-state index contributed by atoms with van der Waals surface area (Å²) in [5.74, 6) is -0.335. The third-order valence-electron chi connectivity index (χ3n) is 4.21. The molecule has 1 aliphatic carbocycles. The highest BCUT2D eigenvalue weighted by atomic mass is 19.4. The monoisotopic (exact) mass is 303 g/mol. The molecule has 1 N–H and O–H groups in total. The van der Waals surface area contributed by atoms with Crippen molar-refractivity contribution in [2.45, 2.75) is 57.8 Å². The Bertz CT molecular complexity index is 470. The van der Waals surface area contributed by atoms with Gasteiger partial charge in [-0.1, -0.05) is 26.2 Å². The van der Waals surface area contributed by atoms with Crippen LogP contribution in [0.3, 0.4) is 0 Å².